The van der Waals surface area contributed by atoms with E-state index < -0.39 is 32.5 Å². The van der Waals surface area contributed by atoms with Gasteiger partial charge < -0.3 is 20.1 Å². The van der Waals surface area contributed by atoms with Gasteiger partial charge in [-0.2, -0.15) is 0 Å². The molecule has 1 unspecified atom stereocenters. The second-order valence-corrected chi connectivity index (χ2v) is 9.32. The number of esters is 2. The molecule has 190 valence electrons. The summed E-state index contributed by atoms with van der Waals surface area (Å²) >= 11 is 0. The van der Waals surface area contributed by atoms with Gasteiger partial charge in [-0.05, 0) is 12.8 Å². The van der Waals surface area contributed by atoms with Gasteiger partial charge in [0.2, 0.25) is 0 Å². The molecule has 0 aliphatic heterocycles. The molecule has 0 aromatic heterocycles. The lowest BCUT2D eigenvalue weighted by Crippen LogP contribution is -2.29. The number of hydrogen-bond donors (Lipinski definition) is 2. The van der Waals surface area contributed by atoms with E-state index in [1.54, 1.807) is 0 Å². The van der Waals surface area contributed by atoms with Crippen LogP contribution in [0.2, 0.25) is 0 Å². The molecule has 0 rings (SSSR count). The summed E-state index contributed by atoms with van der Waals surface area (Å²) in [7, 11) is -4.33. The summed E-state index contributed by atoms with van der Waals surface area (Å²) in [5.74, 6) is -0.859. The summed E-state index contributed by atoms with van der Waals surface area (Å²) < 4.78 is 31.9. The third kappa shape index (κ3) is 19.7. The Morgan fingerprint density at radius 3 is 1.94 bits per heavy atom. The molecule has 3 N–H and O–H groups in total. The van der Waals surface area contributed by atoms with E-state index in [0.717, 1.165) is 38.5 Å². The van der Waals surface area contributed by atoms with E-state index in [0.29, 0.717) is 6.42 Å². The van der Waals surface area contributed by atoms with Gasteiger partial charge in [0.1, 0.15) is 6.61 Å². The van der Waals surface area contributed by atoms with Gasteiger partial charge in [-0.25, -0.2) is 4.57 Å². The van der Waals surface area contributed by atoms with Crippen molar-refractivity contribution in [2.24, 2.45) is 5.73 Å². The number of nitrogens with two attached hydrogens (primary N) is 1. The fourth-order valence-corrected chi connectivity index (χ4v) is 3.69. The SMILES string of the molecule is CCCCCCCCCC(=O)OC[C@H](COP(=O)(O)OCCN)OC(=O)CCCCCC. The van der Waals surface area contributed by atoms with Gasteiger partial charge in [0, 0.05) is 19.4 Å². The second kappa shape index (κ2) is 20.6. The van der Waals surface area contributed by atoms with Crippen LogP contribution in [0.15, 0.2) is 0 Å². The standard InChI is InChI=1S/C22H44NO8P/c1-3-5-7-9-10-11-13-14-21(24)28-18-20(19-30-32(26,27)29-17-16-23)31-22(25)15-12-8-6-4-2/h20H,3-19,23H2,1-2H3,(H,26,27)/t20-/m1/s1. The highest BCUT2D eigenvalue weighted by Crippen LogP contribution is 2.43. The lowest BCUT2D eigenvalue weighted by Gasteiger charge is -2.19. The molecule has 10 heteroatoms. The van der Waals surface area contributed by atoms with Crippen LogP contribution >= 0.6 is 7.82 Å². The smallest absolute Gasteiger partial charge is 0.462 e. The molecule has 0 saturated carbocycles. The Labute approximate surface area is 193 Å². The summed E-state index contributed by atoms with van der Waals surface area (Å²) in [5, 5.41) is 0. The van der Waals surface area contributed by atoms with Gasteiger partial charge in [-0.15, -0.1) is 0 Å². The van der Waals surface area contributed by atoms with Crippen molar-refractivity contribution >= 4 is 19.8 Å². The molecule has 0 aliphatic rings. The van der Waals surface area contributed by atoms with Crippen molar-refractivity contribution in [2.45, 2.75) is 103 Å². The van der Waals surface area contributed by atoms with E-state index >= 15 is 0 Å². The number of rotatable bonds is 22. The zero-order valence-electron chi connectivity index (χ0n) is 19.9. The van der Waals surface area contributed by atoms with Crippen LogP contribution in [0, 0.1) is 0 Å². The minimum atomic E-state index is -4.33. The van der Waals surface area contributed by atoms with Crippen molar-refractivity contribution in [2.75, 3.05) is 26.4 Å². The Bertz CT molecular complexity index is 532. The van der Waals surface area contributed by atoms with E-state index in [1.807, 2.05) is 0 Å². The highest BCUT2D eigenvalue weighted by atomic mass is 31.2. The Morgan fingerprint density at radius 2 is 1.34 bits per heavy atom. The Morgan fingerprint density at radius 1 is 0.812 bits per heavy atom. The predicted molar refractivity (Wildman–Crippen MR) is 123 cm³/mol. The van der Waals surface area contributed by atoms with Crippen molar-refractivity contribution < 1.29 is 37.6 Å². The van der Waals surface area contributed by atoms with E-state index in [-0.39, 0.29) is 32.6 Å². The van der Waals surface area contributed by atoms with Crippen LogP contribution in [0.25, 0.3) is 0 Å². The van der Waals surface area contributed by atoms with Gasteiger partial charge >= 0.3 is 19.8 Å². The first-order valence-corrected chi connectivity index (χ1v) is 13.5. The van der Waals surface area contributed by atoms with Crippen LogP contribution in [-0.2, 0) is 32.7 Å². The van der Waals surface area contributed by atoms with Crippen LogP contribution < -0.4 is 5.73 Å². The van der Waals surface area contributed by atoms with Gasteiger partial charge in [-0.3, -0.25) is 18.6 Å². The first-order chi connectivity index (χ1) is 15.3. The number of ether oxygens (including phenoxy) is 2. The van der Waals surface area contributed by atoms with Crippen molar-refractivity contribution in [3.8, 4) is 0 Å². The Hall–Kier alpha value is -0.990. The summed E-state index contributed by atoms with van der Waals surface area (Å²) in [6.07, 6.45) is 10.8. The van der Waals surface area contributed by atoms with Crippen LogP contribution in [0.4, 0.5) is 0 Å². The Balaban J connectivity index is 4.42. The quantitative estimate of drug-likeness (QED) is 0.129. The highest BCUT2D eigenvalue weighted by molar-refractivity contribution is 7.47. The molecule has 0 saturated heterocycles. The molecule has 0 fully saturated rings. The molecule has 0 aromatic rings. The summed E-state index contributed by atoms with van der Waals surface area (Å²) in [6, 6.07) is 0. The molecule has 0 amide bonds. The number of carbonyl (C=O) groups excluding carboxylic acids is 2. The molecular weight excluding hydrogens is 437 g/mol. The highest BCUT2D eigenvalue weighted by Gasteiger charge is 2.25. The predicted octanol–water partition coefficient (Wildman–Crippen LogP) is 4.64. The average molecular weight is 482 g/mol. The summed E-state index contributed by atoms with van der Waals surface area (Å²) in [4.78, 5) is 33.7. The van der Waals surface area contributed by atoms with Gasteiger partial charge in [-0.1, -0.05) is 71.6 Å². The fourth-order valence-electron chi connectivity index (χ4n) is 2.92. The molecule has 0 radical (unpaired) electrons. The number of carbonyl (C=O) groups is 2. The molecule has 0 bridgehead atoms. The maximum Gasteiger partial charge on any atom is 0.472 e. The minimum absolute atomic E-state index is 0.0559. The molecule has 0 spiro atoms. The lowest BCUT2D eigenvalue weighted by molar-refractivity contribution is -0.161. The molecule has 2 atom stereocenters. The van der Waals surface area contributed by atoms with Crippen LogP contribution in [0.3, 0.4) is 0 Å². The van der Waals surface area contributed by atoms with E-state index in [4.69, 9.17) is 19.7 Å². The zero-order valence-corrected chi connectivity index (χ0v) is 20.8. The van der Waals surface area contributed by atoms with Gasteiger partial charge in [0.25, 0.3) is 0 Å². The first-order valence-electron chi connectivity index (χ1n) is 12.0. The number of phosphoric acid groups is 1. The molecule has 0 heterocycles. The van der Waals surface area contributed by atoms with Crippen molar-refractivity contribution in [1.29, 1.82) is 0 Å². The van der Waals surface area contributed by atoms with E-state index in [9.17, 15) is 19.0 Å². The van der Waals surface area contributed by atoms with Crippen LogP contribution in [-0.4, -0.2) is 49.3 Å². The van der Waals surface area contributed by atoms with Crippen LogP contribution in [0.5, 0.6) is 0 Å². The normalized spacial score (nSPS) is 14.0. The maximum absolute atomic E-state index is 12.1. The second-order valence-electron chi connectivity index (χ2n) is 7.86. The zero-order chi connectivity index (χ0) is 24.1. The Kier molecular flexibility index (Phi) is 20.0. The van der Waals surface area contributed by atoms with Crippen molar-refractivity contribution in [3.63, 3.8) is 0 Å². The lowest BCUT2D eigenvalue weighted by atomic mass is 10.1. The minimum Gasteiger partial charge on any atom is -0.462 e. The number of unbranched alkanes of at least 4 members (excludes halogenated alkanes) is 9. The third-order valence-electron chi connectivity index (χ3n) is 4.74. The largest absolute Gasteiger partial charge is 0.472 e. The third-order valence-corrected chi connectivity index (χ3v) is 5.73. The molecule has 32 heavy (non-hydrogen) atoms. The summed E-state index contributed by atoms with van der Waals surface area (Å²) in [6.45, 7) is 3.48. The fraction of sp³-hybridized carbons (Fsp3) is 0.909. The summed E-state index contributed by atoms with van der Waals surface area (Å²) in [5.41, 5.74) is 5.25. The molecular formula is C22H44NO8P. The van der Waals surface area contributed by atoms with Gasteiger partial charge in [0.05, 0.1) is 13.2 Å². The maximum atomic E-state index is 12.1. The number of hydrogen-bond acceptors (Lipinski definition) is 8. The first kappa shape index (κ1) is 31.0. The average Bonchev–Trinajstić information content (AvgIpc) is 2.76. The molecule has 0 aromatic carbocycles. The van der Waals surface area contributed by atoms with E-state index in [1.165, 1.54) is 25.7 Å². The van der Waals surface area contributed by atoms with Crippen molar-refractivity contribution in [3.05, 3.63) is 0 Å². The topological polar surface area (TPSA) is 134 Å². The monoisotopic (exact) mass is 481 g/mol. The van der Waals surface area contributed by atoms with Gasteiger partial charge in [0.15, 0.2) is 6.10 Å². The van der Waals surface area contributed by atoms with E-state index in [2.05, 4.69) is 18.4 Å². The molecule has 0 aliphatic carbocycles. The number of phosphoric ester groups is 1. The molecule has 9 nitrogen and oxygen atoms in total. The van der Waals surface area contributed by atoms with Crippen molar-refractivity contribution in [1.82, 2.24) is 0 Å². The van der Waals surface area contributed by atoms with Crippen LogP contribution in [0.1, 0.15) is 97.3 Å².